The molecule has 0 bridgehead atoms. The molecule has 0 saturated carbocycles. The normalized spacial score (nSPS) is 14.0. The molecule has 0 aromatic heterocycles. The van der Waals surface area contributed by atoms with Crippen LogP contribution in [0.4, 0.5) is 0 Å². The van der Waals surface area contributed by atoms with Gasteiger partial charge in [0.1, 0.15) is 0 Å². The first kappa shape index (κ1) is 7.50. The monoisotopic (exact) mass is 114 g/mol. The molecule has 1 atom stereocenters. The molecular weight excluding hydrogens is 100 g/mol. The molecule has 0 amide bonds. The molecule has 0 aliphatic carbocycles. The molecule has 0 radical (unpaired) electrons. The summed E-state index contributed by atoms with van der Waals surface area (Å²) >= 11 is 0. The molecule has 1 unspecified atom stereocenters. The SMILES string of the molecule is C=C(N)C(N)C(C)C. The van der Waals surface area contributed by atoms with Crippen molar-refractivity contribution in [3.8, 4) is 0 Å². The second kappa shape index (κ2) is 2.72. The summed E-state index contributed by atoms with van der Waals surface area (Å²) in [7, 11) is 0. The molecule has 2 nitrogen and oxygen atoms in total. The summed E-state index contributed by atoms with van der Waals surface area (Å²) in [5, 5.41) is 0. The maximum atomic E-state index is 5.53. The number of rotatable bonds is 2. The van der Waals surface area contributed by atoms with Crippen LogP contribution in [0.5, 0.6) is 0 Å². The highest BCUT2D eigenvalue weighted by Crippen LogP contribution is 2.01. The van der Waals surface area contributed by atoms with Gasteiger partial charge in [-0.2, -0.15) is 0 Å². The van der Waals surface area contributed by atoms with E-state index in [4.69, 9.17) is 11.5 Å². The third-order valence-electron chi connectivity index (χ3n) is 1.15. The molecule has 8 heavy (non-hydrogen) atoms. The van der Waals surface area contributed by atoms with Gasteiger partial charge in [-0.05, 0) is 5.92 Å². The Labute approximate surface area is 50.6 Å². The summed E-state index contributed by atoms with van der Waals surface area (Å²) in [6, 6.07) is -0.0463. The molecule has 0 heterocycles. The van der Waals surface area contributed by atoms with Crippen LogP contribution in [-0.2, 0) is 0 Å². The van der Waals surface area contributed by atoms with Gasteiger partial charge in [-0.3, -0.25) is 0 Å². The van der Waals surface area contributed by atoms with Gasteiger partial charge in [0.25, 0.3) is 0 Å². The van der Waals surface area contributed by atoms with Crippen molar-refractivity contribution in [1.82, 2.24) is 0 Å². The second-order valence-corrected chi connectivity index (χ2v) is 2.34. The fourth-order valence-corrected chi connectivity index (χ4v) is 0.428. The van der Waals surface area contributed by atoms with Crippen molar-refractivity contribution >= 4 is 0 Å². The van der Waals surface area contributed by atoms with Gasteiger partial charge in [0, 0.05) is 11.7 Å². The van der Waals surface area contributed by atoms with Crippen LogP contribution >= 0.6 is 0 Å². The van der Waals surface area contributed by atoms with Crippen LogP contribution < -0.4 is 11.5 Å². The zero-order chi connectivity index (χ0) is 6.73. The second-order valence-electron chi connectivity index (χ2n) is 2.34. The summed E-state index contributed by atoms with van der Waals surface area (Å²) in [4.78, 5) is 0. The highest BCUT2D eigenvalue weighted by molar-refractivity contribution is 4.99. The highest BCUT2D eigenvalue weighted by Gasteiger charge is 2.06. The average Bonchev–Trinajstić information content (AvgIpc) is 1.64. The van der Waals surface area contributed by atoms with Crippen molar-refractivity contribution in [1.29, 1.82) is 0 Å². The lowest BCUT2D eigenvalue weighted by atomic mass is 10.0. The minimum absolute atomic E-state index is 0.0463. The molecule has 0 aromatic carbocycles. The lowest BCUT2D eigenvalue weighted by molar-refractivity contribution is 0.546. The molecule has 0 rings (SSSR count). The third-order valence-corrected chi connectivity index (χ3v) is 1.15. The van der Waals surface area contributed by atoms with Crippen LogP contribution in [0.2, 0.25) is 0 Å². The Morgan fingerprint density at radius 1 is 1.50 bits per heavy atom. The van der Waals surface area contributed by atoms with Crippen LogP contribution in [0.25, 0.3) is 0 Å². The van der Waals surface area contributed by atoms with Crippen molar-refractivity contribution < 1.29 is 0 Å². The molecule has 4 N–H and O–H groups in total. The Bertz CT molecular complexity index is 86.5. The fourth-order valence-electron chi connectivity index (χ4n) is 0.428. The Kier molecular flexibility index (Phi) is 2.55. The molecule has 0 spiro atoms. The summed E-state index contributed by atoms with van der Waals surface area (Å²) in [5.74, 6) is 0.396. The van der Waals surface area contributed by atoms with E-state index in [1.807, 2.05) is 13.8 Å². The first-order valence-corrected chi connectivity index (χ1v) is 2.75. The van der Waals surface area contributed by atoms with E-state index in [1.54, 1.807) is 0 Å². The van der Waals surface area contributed by atoms with Gasteiger partial charge in [0.05, 0.1) is 0 Å². The van der Waals surface area contributed by atoms with E-state index in [0.717, 1.165) is 0 Å². The first-order valence-electron chi connectivity index (χ1n) is 2.75. The summed E-state index contributed by atoms with van der Waals surface area (Å²) in [5.41, 5.74) is 11.4. The topological polar surface area (TPSA) is 52.0 Å². The van der Waals surface area contributed by atoms with Crippen molar-refractivity contribution in [2.75, 3.05) is 0 Å². The van der Waals surface area contributed by atoms with Crippen molar-refractivity contribution in [3.63, 3.8) is 0 Å². The molecule has 48 valence electrons. The Morgan fingerprint density at radius 2 is 1.88 bits per heavy atom. The molecule has 0 saturated heterocycles. The van der Waals surface area contributed by atoms with Crippen LogP contribution in [0.3, 0.4) is 0 Å². The number of hydrogen-bond donors (Lipinski definition) is 2. The average molecular weight is 114 g/mol. The smallest absolute Gasteiger partial charge is 0.0459 e. The molecule has 0 fully saturated rings. The molecular formula is C6H14N2. The Morgan fingerprint density at radius 3 is 1.88 bits per heavy atom. The minimum atomic E-state index is -0.0463. The number of hydrogen-bond acceptors (Lipinski definition) is 2. The summed E-state index contributed by atoms with van der Waals surface area (Å²) < 4.78 is 0. The van der Waals surface area contributed by atoms with Crippen LogP contribution in [0.1, 0.15) is 13.8 Å². The Balaban J connectivity index is 3.64. The highest BCUT2D eigenvalue weighted by atomic mass is 14.7. The van der Waals surface area contributed by atoms with Gasteiger partial charge >= 0.3 is 0 Å². The van der Waals surface area contributed by atoms with Crippen molar-refractivity contribution in [2.45, 2.75) is 19.9 Å². The summed E-state index contributed by atoms with van der Waals surface area (Å²) in [6.07, 6.45) is 0. The predicted molar refractivity (Wildman–Crippen MR) is 36.1 cm³/mol. The molecule has 0 aliphatic heterocycles. The Hall–Kier alpha value is -0.500. The maximum Gasteiger partial charge on any atom is 0.0459 e. The maximum absolute atomic E-state index is 5.53. The van der Waals surface area contributed by atoms with E-state index in [0.29, 0.717) is 11.6 Å². The van der Waals surface area contributed by atoms with Crippen LogP contribution in [0, 0.1) is 5.92 Å². The zero-order valence-electron chi connectivity index (χ0n) is 5.52. The zero-order valence-corrected chi connectivity index (χ0v) is 5.52. The van der Waals surface area contributed by atoms with Gasteiger partial charge in [0.2, 0.25) is 0 Å². The van der Waals surface area contributed by atoms with E-state index in [-0.39, 0.29) is 6.04 Å². The summed E-state index contributed by atoms with van der Waals surface area (Å²) in [6.45, 7) is 7.56. The first-order chi connectivity index (χ1) is 3.55. The van der Waals surface area contributed by atoms with Crippen LogP contribution in [0.15, 0.2) is 12.3 Å². The minimum Gasteiger partial charge on any atom is -0.401 e. The van der Waals surface area contributed by atoms with E-state index in [9.17, 15) is 0 Å². The van der Waals surface area contributed by atoms with Crippen molar-refractivity contribution in [2.24, 2.45) is 17.4 Å². The van der Waals surface area contributed by atoms with E-state index < -0.39 is 0 Å². The predicted octanol–water partition coefficient (Wildman–Crippen LogP) is 0.442. The van der Waals surface area contributed by atoms with Gasteiger partial charge < -0.3 is 11.5 Å². The quantitative estimate of drug-likeness (QED) is 0.547. The molecule has 2 heteroatoms. The van der Waals surface area contributed by atoms with E-state index >= 15 is 0 Å². The fraction of sp³-hybridized carbons (Fsp3) is 0.667. The lowest BCUT2D eigenvalue weighted by Gasteiger charge is -2.13. The largest absolute Gasteiger partial charge is 0.401 e. The van der Waals surface area contributed by atoms with Gasteiger partial charge in [-0.25, -0.2) is 0 Å². The van der Waals surface area contributed by atoms with E-state index in [1.165, 1.54) is 0 Å². The molecule has 0 aromatic rings. The van der Waals surface area contributed by atoms with Gasteiger partial charge in [0.15, 0.2) is 0 Å². The lowest BCUT2D eigenvalue weighted by Crippen LogP contribution is -2.31. The van der Waals surface area contributed by atoms with Gasteiger partial charge in [-0.1, -0.05) is 20.4 Å². The number of nitrogens with two attached hydrogens (primary N) is 2. The standard InChI is InChI=1S/C6H14N2/c1-4(2)6(8)5(3)7/h4,6H,3,7-8H2,1-2H3. The van der Waals surface area contributed by atoms with Crippen LogP contribution in [-0.4, -0.2) is 6.04 Å². The van der Waals surface area contributed by atoms with E-state index in [2.05, 4.69) is 6.58 Å². The third kappa shape index (κ3) is 1.98. The van der Waals surface area contributed by atoms with Crippen molar-refractivity contribution in [3.05, 3.63) is 12.3 Å². The van der Waals surface area contributed by atoms with Gasteiger partial charge in [-0.15, -0.1) is 0 Å². The molecule has 0 aliphatic rings.